The quantitative estimate of drug-likeness (QED) is 0.853. The number of nitrogens with one attached hydrogen (secondary N) is 1. The lowest BCUT2D eigenvalue weighted by Gasteiger charge is -2.21. The molecule has 0 atom stereocenters. The minimum atomic E-state index is 0.0536. The maximum Gasteiger partial charge on any atom is 0.253 e. The van der Waals surface area contributed by atoms with E-state index >= 15 is 0 Å². The van der Waals surface area contributed by atoms with Crippen molar-refractivity contribution in [1.82, 2.24) is 4.90 Å². The number of aryl methyl sites for hydroxylation is 1. The number of rotatable bonds is 1. The van der Waals surface area contributed by atoms with E-state index in [0.717, 1.165) is 36.3 Å². The van der Waals surface area contributed by atoms with E-state index in [1.165, 1.54) is 0 Å². The molecule has 1 aromatic carbocycles. The van der Waals surface area contributed by atoms with Crippen LogP contribution < -0.4 is 5.32 Å². The van der Waals surface area contributed by atoms with Crippen LogP contribution in [0.1, 0.15) is 42.6 Å². The second-order valence-electron chi connectivity index (χ2n) is 6.56. The number of carbonyl (C=O) groups is 2. The van der Waals surface area contributed by atoms with Gasteiger partial charge in [0, 0.05) is 30.8 Å². The van der Waals surface area contributed by atoms with E-state index in [2.05, 4.69) is 19.2 Å². The number of fused-ring (bicyclic) bond motifs is 1. The molecule has 4 nitrogen and oxygen atoms in total. The topological polar surface area (TPSA) is 49.4 Å². The highest BCUT2D eigenvalue weighted by atomic mass is 16.2. The van der Waals surface area contributed by atoms with E-state index in [9.17, 15) is 9.59 Å². The van der Waals surface area contributed by atoms with Crippen LogP contribution in [0, 0.1) is 5.41 Å². The average Bonchev–Trinajstić information content (AvgIpc) is 2.77. The standard InChI is InChI=1S/C16H20N2O2/c1-16(2)7-8-18(10-16)15(20)12-3-5-13-11(9-12)4-6-14(19)17-13/h3,5,9H,4,6-8,10H2,1-2H3,(H,17,19). The Bertz CT molecular complexity index is 578. The van der Waals surface area contributed by atoms with Gasteiger partial charge in [0.2, 0.25) is 5.91 Å². The van der Waals surface area contributed by atoms with E-state index in [1.54, 1.807) is 0 Å². The first-order valence-electron chi connectivity index (χ1n) is 7.17. The van der Waals surface area contributed by atoms with Crippen LogP contribution >= 0.6 is 0 Å². The van der Waals surface area contributed by atoms with Gasteiger partial charge in [0.15, 0.2) is 0 Å². The van der Waals surface area contributed by atoms with Gasteiger partial charge in [-0.25, -0.2) is 0 Å². The molecule has 0 radical (unpaired) electrons. The van der Waals surface area contributed by atoms with Gasteiger partial charge in [0.05, 0.1) is 0 Å². The van der Waals surface area contributed by atoms with Crippen LogP contribution in [0.2, 0.25) is 0 Å². The van der Waals surface area contributed by atoms with E-state index in [1.807, 2.05) is 23.1 Å². The Kier molecular flexibility index (Phi) is 3.04. The summed E-state index contributed by atoms with van der Waals surface area (Å²) in [5.41, 5.74) is 2.86. The smallest absolute Gasteiger partial charge is 0.253 e. The Morgan fingerprint density at radius 1 is 1.30 bits per heavy atom. The Balaban J connectivity index is 1.81. The molecule has 4 heteroatoms. The molecule has 1 N–H and O–H groups in total. The molecule has 1 saturated heterocycles. The first kappa shape index (κ1) is 13.2. The second kappa shape index (κ2) is 4.62. The largest absolute Gasteiger partial charge is 0.338 e. The third-order valence-corrected chi connectivity index (χ3v) is 4.21. The van der Waals surface area contributed by atoms with E-state index < -0.39 is 0 Å². The van der Waals surface area contributed by atoms with Crippen LogP contribution in [0.15, 0.2) is 18.2 Å². The molecule has 0 aromatic heterocycles. The maximum absolute atomic E-state index is 12.5. The predicted octanol–water partition coefficient (Wildman–Crippen LogP) is 2.44. The summed E-state index contributed by atoms with van der Waals surface area (Å²) in [6.45, 7) is 6.05. The molecule has 0 aliphatic carbocycles. The van der Waals surface area contributed by atoms with E-state index in [-0.39, 0.29) is 17.2 Å². The molecule has 1 fully saturated rings. The third kappa shape index (κ3) is 2.42. The molecule has 0 unspecified atom stereocenters. The predicted molar refractivity (Wildman–Crippen MR) is 77.7 cm³/mol. The lowest BCUT2D eigenvalue weighted by molar-refractivity contribution is -0.116. The van der Waals surface area contributed by atoms with Crippen molar-refractivity contribution in [2.24, 2.45) is 5.41 Å². The second-order valence-corrected chi connectivity index (χ2v) is 6.56. The Labute approximate surface area is 119 Å². The fourth-order valence-electron chi connectivity index (χ4n) is 2.98. The zero-order chi connectivity index (χ0) is 14.3. The van der Waals surface area contributed by atoms with Gasteiger partial charge in [-0.05, 0) is 42.0 Å². The van der Waals surface area contributed by atoms with Crippen molar-refractivity contribution in [3.05, 3.63) is 29.3 Å². The number of anilines is 1. The summed E-state index contributed by atoms with van der Waals surface area (Å²) in [6, 6.07) is 5.60. The number of carbonyl (C=O) groups excluding carboxylic acids is 2. The molecule has 2 aliphatic rings. The summed E-state index contributed by atoms with van der Waals surface area (Å²) in [5.74, 6) is 0.160. The van der Waals surface area contributed by atoms with Gasteiger partial charge < -0.3 is 10.2 Å². The number of hydrogen-bond donors (Lipinski definition) is 1. The molecule has 0 spiro atoms. The van der Waals surface area contributed by atoms with E-state index in [4.69, 9.17) is 0 Å². The molecule has 0 bridgehead atoms. The number of nitrogens with zero attached hydrogens (tertiary/aromatic N) is 1. The highest BCUT2D eigenvalue weighted by Crippen LogP contribution is 2.30. The number of hydrogen-bond acceptors (Lipinski definition) is 2. The van der Waals surface area contributed by atoms with Crippen molar-refractivity contribution in [1.29, 1.82) is 0 Å². The van der Waals surface area contributed by atoms with Crippen molar-refractivity contribution in [3.8, 4) is 0 Å². The third-order valence-electron chi connectivity index (χ3n) is 4.21. The van der Waals surface area contributed by atoms with Crippen LogP contribution in [-0.2, 0) is 11.2 Å². The molecule has 106 valence electrons. The van der Waals surface area contributed by atoms with Crippen LogP contribution in [0.25, 0.3) is 0 Å². The van der Waals surface area contributed by atoms with Crippen molar-refractivity contribution in [3.63, 3.8) is 0 Å². The Morgan fingerprint density at radius 2 is 2.10 bits per heavy atom. The van der Waals surface area contributed by atoms with Crippen molar-refractivity contribution in [2.75, 3.05) is 18.4 Å². The van der Waals surface area contributed by atoms with Gasteiger partial charge in [-0.2, -0.15) is 0 Å². The van der Waals surface area contributed by atoms with Crippen LogP contribution in [0.5, 0.6) is 0 Å². The molecule has 2 aliphatic heterocycles. The lowest BCUT2D eigenvalue weighted by atomic mass is 9.93. The van der Waals surface area contributed by atoms with Gasteiger partial charge in [-0.3, -0.25) is 9.59 Å². The summed E-state index contributed by atoms with van der Waals surface area (Å²) < 4.78 is 0. The number of benzene rings is 1. The zero-order valence-corrected chi connectivity index (χ0v) is 12.0. The molecule has 2 amide bonds. The normalized spacial score (nSPS) is 20.5. The van der Waals surface area contributed by atoms with Gasteiger partial charge in [0.25, 0.3) is 5.91 Å². The van der Waals surface area contributed by atoms with Crippen molar-refractivity contribution < 1.29 is 9.59 Å². The maximum atomic E-state index is 12.5. The first-order chi connectivity index (χ1) is 9.44. The van der Waals surface area contributed by atoms with Crippen LogP contribution in [-0.4, -0.2) is 29.8 Å². The van der Waals surface area contributed by atoms with Gasteiger partial charge in [0.1, 0.15) is 0 Å². The number of likely N-dealkylation sites (tertiary alicyclic amines) is 1. The Morgan fingerprint density at radius 3 is 2.80 bits per heavy atom. The minimum Gasteiger partial charge on any atom is -0.338 e. The van der Waals surface area contributed by atoms with Crippen LogP contribution in [0.4, 0.5) is 5.69 Å². The van der Waals surface area contributed by atoms with Gasteiger partial charge in [-0.1, -0.05) is 13.8 Å². The van der Waals surface area contributed by atoms with Crippen LogP contribution in [0.3, 0.4) is 0 Å². The molecule has 3 rings (SSSR count). The highest BCUT2D eigenvalue weighted by Gasteiger charge is 2.32. The number of amides is 2. The summed E-state index contributed by atoms with van der Waals surface area (Å²) >= 11 is 0. The summed E-state index contributed by atoms with van der Waals surface area (Å²) in [5, 5.41) is 2.84. The molecule has 1 aromatic rings. The average molecular weight is 272 g/mol. The monoisotopic (exact) mass is 272 g/mol. The highest BCUT2D eigenvalue weighted by molar-refractivity contribution is 5.98. The first-order valence-corrected chi connectivity index (χ1v) is 7.17. The molecular weight excluding hydrogens is 252 g/mol. The van der Waals surface area contributed by atoms with Gasteiger partial charge >= 0.3 is 0 Å². The summed E-state index contributed by atoms with van der Waals surface area (Å²) in [7, 11) is 0. The zero-order valence-electron chi connectivity index (χ0n) is 12.0. The fraction of sp³-hybridized carbons (Fsp3) is 0.500. The summed E-state index contributed by atoms with van der Waals surface area (Å²) in [6.07, 6.45) is 2.27. The van der Waals surface area contributed by atoms with Crippen molar-refractivity contribution in [2.45, 2.75) is 33.1 Å². The van der Waals surface area contributed by atoms with Gasteiger partial charge in [-0.15, -0.1) is 0 Å². The molecular formula is C16H20N2O2. The fourth-order valence-corrected chi connectivity index (χ4v) is 2.98. The van der Waals surface area contributed by atoms with E-state index in [0.29, 0.717) is 12.8 Å². The Hall–Kier alpha value is -1.84. The molecule has 20 heavy (non-hydrogen) atoms. The lowest BCUT2D eigenvalue weighted by Crippen LogP contribution is -2.30. The summed E-state index contributed by atoms with van der Waals surface area (Å²) in [4.78, 5) is 25.8. The minimum absolute atomic E-state index is 0.0536. The SMILES string of the molecule is CC1(C)CCN(C(=O)c2ccc3c(c2)CCC(=O)N3)C1. The van der Waals surface area contributed by atoms with Crippen molar-refractivity contribution >= 4 is 17.5 Å². The molecule has 0 saturated carbocycles. The molecule has 2 heterocycles.